The fourth-order valence-electron chi connectivity index (χ4n) is 3.36. The van der Waals surface area contributed by atoms with E-state index in [2.05, 4.69) is 15.3 Å². The number of hydrogen-bond acceptors (Lipinski definition) is 7. The van der Waals surface area contributed by atoms with Crippen molar-refractivity contribution in [2.45, 2.75) is 20.0 Å². The van der Waals surface area contributed by atoms with Gasteiger partial charge in [0.2, 0.25) is 6.10 Å². The Morgan fingerprint density at radius 3 is 2.47 bits per heavy atom. The summed E-state index contributed by atoms with van der Waals surface area (Å²) in [7, 11) is 1.53. The predicted octanol–water partition coefficient (Wildman–Crippen LogP) is 5.37. The average molecular weight is 474 g/mol. The molecule has 8 heteroatoms. The van der Waals surface area contributed by atoms with E-state index in [1.54, 1.807) is 49.5 Å². The van der Waals surface area contributed by atoms with Crippen LogP contribution in [-0.2, 0) is 9.53 Å². The van der Waals surface area contributed by atoms with E-state index in [4.69, 9.17) is 9.47 Å². The molecule has 0 aliphatic carbocycles. The molecule has 1 atom stereocenters. The molecule has 0 saturated heterocycles. The van der Waals surface area contributed by atoms with Crippen LogP contribution in [-0.4, -0.2) is 29.0 Å². The monoisotopic (exact) mass is 473 g/mol. The van der Waals surface area contributed by atoms with Crippen molar-refractivity contribution < 1.29 is 19.1 Å². The Kier molecular flexibility index (Phi) is 6.98. The fraction of sp³-hybridized carbons (Fsp3) is 0.154. The van der Waals surface area contributed by atoms with Crippen LogP contribution in [0.25, 0.3) is 10.7 Å². The van der Waals surface area contributed by atoms with Crippen molar-refractivity contribution in [3.05, 3.63) is 94.6 Å². The topological polar surface area (TPSA) is 90.4 Å². The molecule has 0 bridgehead atoms. The lowest BCUT2D eigenvalue weighted by molar-refractivity contribution is -0.125. The number of aryl methyl sites for hydroxylation is 2. The number of nitrogens with zero attached hydrogens (tertiary/aromatic N) is 2. The van der Waals surface area contributed by atoms with Crippen molar-refractivity contribution in [2.24, 2.45) is 0 Å². The highest BCUT2D eigenvalue weighted by atomic mass is 32.1. The van der Waals surface area contributed by atoms with Gasteiger partial charge in [0, 0.05) is 11.8 Å². The first kappa shape index (κ1) is 23.1. The van der Waals surface area contributed by atoms with E-state index >= 15 is 0 Å². The molecule has 4 aromatic rings. The van der Waals surface area contributed by atoms with Crippen LogP contribution in [0.5, 0.6) is 5.75 Å². The average Bonchev–Trinajstić information content (AvgIpc) is 3.25. The number of methoxy groups -OCH3 is 1. The van der Waals surface area contributed by atoms with E-state index in [9.17, 15) is 9.59 Å². The molecule has 1 unspecified atom stereocenters. The van der Waals surface area contributed by atoms with Crippen LogP contribution in [0.1, 0.15) is 32.6 Å². The zero-order valence-electron chi connectivity index (χ0n) is 18.9. The number of pyridine rings is 1. The summed E-state index contributed by atoms with van der Waals surface area (Å²) < 4.78 is 11.1. The molecular formula is C26H23N3O4S. The minimum Gasteiger partial charge on any atom is -0.495 e. The molecule has 172 valence electrons. The Balaban J connectivity index is 1.62. The minimum atomic E-state index is -1.17. The van der Waals surface area contributed by atoms with Crippen molar-refractivity contribution in [1.82, 2.24) is 9.97 Å². The number of nitrogens with one attached hydrogen (secondary N) is 1. The van der Waals surface area contributed by atoms with Crippen molar-refractivity contribution in [1.29, 1.82) is 0 Å². The summed E-state index contributed by atoms with van der Waals surface area (Å²) in [5.74, 6) is -0.608. The number of hydrogen-bond donors (Lipinski definition) is 1. The molecule has 2 aromatic heterocycles. The summed E-state index contributed by atoms with van der Waals surface area (Å²) in [6.07, 6.45) is 0.498. The first-order valence-electron chi connectivity index (χ1n) is 10.6. The van der Waals surface area contributed by atoms with E-state index in [0.29, 0.717) is 38.3 Å². The third-order valence-corrected chi connectivity index (χ3v) is 6.20. The van der Waals surface area contributed by atoms with Gasteiger partial charge in [-0.15, -0.1) is 11.3 Å². The lowest BCUT2D eigenvalue weighted by atomic mass is 10.1. The van der Waals surface area contributed by atoms with Crippen molar-refractivity contribution in [3.8, 4) is 16.5 Å². The molecule has 2 aromatic carbocycles. The molecule has 4 rings (SSSR count). The number of amides is 1. The molecule has 0 aliphatic rings. The number of thiazole rings is 1. The quantitative estimate of drug-likeness (QED) is 0.363. The van der Waals surface area contributed by atoms with Crippen LogP contribution in [0.4, 0.5) is 5.69 Å². The summed E-state index contributed by atoms with van der Waals surface area (Å²) in [5, 5.41) is 3.45. The van der Waals surface area contributed by atoms with Gasteiger partial charge in [0.15, 0.2) is 0 Å². The minimum absolute atomic E-state index is 0.322. The van der Waals surface area contributed by atoms with E-state index < -0.39 is 18.0 Å². The van der Waals surface area contributed by atoms with Crippen LogP contribution in [0.15, 0.2) is 72.9 Å². The van der Waals surface area contributed by atoms with Gasteiger partial charge in [-0.1, -0.05) is 42.5 Å². The normalized spacial score (nSPS) is 11.5. The fourth-order valence-corrected chi connectivity index (χ4v) is 4.29. The molecule has 1 N–H and O–H groups in total. The summed E-state index contributed by atoms with van der Waals surface area (Å²) >= 11 is 1.18. The van der Waals surface area contributed by atoms with Gasteiger partial charge in [0.1, 0.15) is 15.6 Å². The Morgan fingerprint density at radius 2 is 1.76 bits per heavy atom. The molecule has 1 amide bonds. The number of anilines is 1. The smallest absolute Gasteiger partial charge is 0.351 e. The highest BCUT2D eigenvalue weighted by molar-refractivity contribution is 7.17. The zero-order chi connectivity index (χ0) is 24.1. The Labute approximate surface area is 201 Å². The van der Waals surface area contributed by atoms with Gasteiger partial charge in [-0.25, -0.2) is 9.78 Å². The highest BCUT2D eigenvalue weighted by Crippen LogP contribution is 2.31. The van der Waals surface area contributed by atoms with Crippen LogP contribution >= 0.6 is 11.3 Å². The molecule has 0 fully saturated rings. The van der Waals surface area contributed by atoms with Crippen molar-refractivity contribution in [3.63, 3.8) is 0 Å². The summed E-state index contributed by atoms with van der Waals surface area (Å²) in [6, 6.07) is 19.8. The molecule has 2 heterocycles. The van der Waals surface area contributed by atoms with Crippen LogP contribution in [0, 0.1) is 13.8 Å². The van der Waals surface area contributed by atoms with Crippen molar-refractivity contribution in [2.75, 3.05) is 12.4 Å². The van der Waals surface area contributed by atoms with Gasteiger partial charge in [0.05, 0.1) is 24.2 Å². The Bertz CT molecular complexity index is 1310. The standard InChI is InChI=1S/C26H23N3O4S/c1-16-12-13-21(32-3)20(15-16)29-24(30)22(18-9-5-4-6-10-18)33-26(31)23-17(2)28-25(34-23)19-11-7-8-14-27-19/h4-15,22H,1-3H3,(H,29,30). The number of esters is 1. The van der Waals surface area contributed by atoms with Crippen LogP contribution < -0.4 is 10.1 Å². The van der Waals surface area contributed by atoms with E-state index in [0.717, 1.165) is 5.56 Å². The third-order valence-electron chi connectivity index (χ3n) is 5.04. The van der Waals surface area contributed by atoms with E-state index in [-0.39, 0.29) is 0 Å². The van der Waals surface area contributed by atoms with Gasteiger partial charge in [-0.3, -0.25) is 9.78 Å². The lowest BCUT2D eigenvalue weighted by Gasteiger charge is -2.19. The maximum Gasteiger partial charge on any atom is 0.351 e. The first-order chi connectivity index (χ1) is 16.5. The molecule has 0 spiro atoms. The molecule has 34 heavy (non-hydrogen) atoms. The molecular weight excluding hydrogens is 450 g/mol. The number of carbonyl (C=O) groups excluding carboxylic acids is 2. The lowest BCUT2D eigenvalue weighted by Crippen LogP contribution is -2.26. The van der Waals surface area contributed by atoms with Crippen LogP contribution in [0.2, 0.25) is 0 Å². The van der Waals surface area contributed by atoms with E-state index in [1.807, 2.05) is 37.3 Å². The van der Waals surface area contributed by atoms with E-state index in [1.165, 1.54) is 18.4 Å². The largest absolute Gasteiger partial charge is 0.495 e. The van der Waals surface area contributed by atoms with Crippen molar-refractivity contribution >= 4 is 28.9 Å². The zero-order valence-corrected chi connectivity index (χ0v) is 19.8. The van der Waals surface area contributed by atoms with Gasteiger partial charge in [0.25, 0.3) is 5.91 Å². The predicted molar refractivity (Wildman–Crippen MR) is 131 cm³/mol. The summed E-state index contributed by atoms with van der Waals surface area (Å²) in [4.78, 5) is 35.5. The second kappa shape index (κ2) is 10.3. The number of aromatic nitrogens is 2. The number of carbonyl (C=O) groups is 2. The third kappa shape index (κ3) is 5.13. The van der Waals surface area contributed by atoms with Gasteiger partial charge >= 0.3 is 5.97 Å². The summed E-state index contributed by atoms with van der Waals surface area (Å²) in [6.45, 7) is 3.64. The maximum atomic E-state index is 13.3. The highest BCUT2D eigenvalue weighted by Gasteiger charge is 2.28. The maximum absolute atomic E-state index is 13.3. The van der Waals surface area contributed by atoms with Gasteiger partial charge < -0.3 is 14.8 Å². The molecule has 0 aliphatic heterocycles. The molecule has 0 radical (unpaired) electrons. The van der Waals surface area contributed by atoms with Crippen LogP contribution in [0.3, 0.4) is 0 Å². The Hall–Kier alpha value is -4.04. The Morgan fingerprint density at radius 1 is 1.00 bits per heavy atom. The SMILES string of the molecule is COc1ccc(C)cc1NC(=O)C(OC(=O)c1sc(-c2ccccn2)nc1C)c1ccccc1. The number of ether oxygens (including phenoxy) is 2. The first-order valence-corrected chi connectivity index (χ1v) is 11.4. The van der Waals surface area contributed by atoms with Gasteiger partial charge in [-0.05, 0) is 43.7 Å². The number of benzene rings is 2. The van der Waals surface area contributed by atoms with Gasteiger partial charge in [-0.2, -0.15) is 0 Å². The summed E-state index contributed by atoms with van der Waals surface area (Å²) in [5.41, 5.74) is 3.18. The number of rotatable bonds is 7. The second-order valence-corrected chi connectivity index (χ2v) is 8.54. The second-order valence-electron chi connectivity index (χ2n) is 7.54. The molecule has 7 nitrogen and oxygen atoms in total. The molecule has 0 saturated carbocycles.